The molecule has 0 bridgehead atoms. The normalized spacial score (nSPS) is 21.9. The van der Waals surface area contributed by atoms with E-state index < -0.39 is 0 Å². The molecule has 1 heterocycles. The van der Waals surface area contributed by atoms with Gasteiger partial charge in [0.05, 0.1) is 19.3 Å². The van der Waals surface area contributed by atoms with E-state index in [9.17, 15) is 0 Å². The minimum absolute atomic E-state index is 0.356. The summed E-state index contributed by atoms with van der Waals surface area (Å²) >= 11 is 0. The van der Waals surface area contributed by atoms with Crippen LogP contribution in [0.2, 0.25) is 0 Å². The zero-order chi connectivity index (χ0) is 9.80. The number of ether oxygens (including phenoxy) is 1. The summed E-state index contributed by atoms with van der Waals surface area (Å²) in [7, 11) is 1.93. The lowest BCUT2D eigenvalue weighted by atomic mass is 10.1. The van der Waals surface area contributed by atoms with E-state index in [1.165, 1.54) is 5.56 Å². The molecule has 1 aromatic rings. The van der Waals surface area contributed by atoms with Gasteiger partial charge >= 0.3 is 0 Å². The highest BCUT2D eigenvalue weighted by Crippen LogP contribution is 2.17. The summed E-state index contributed by atoms with van der Waals surface area (Å²) in [5.41, 5.74) is 2.44. The first-order chi connectivity index (χ1) is 6.90. The van der Waals surface area contributed by atoms with Crippen molar-refractivity contribution in [2.24, 2.45) is 0 Å². The molecule has 0 saturated carbocycles. The molecule has 1 aliphatic rings. The molecule has 1 saturated heterocycles. The monoisotopic (exact) mass is 192 g/mol. The van der Waals surface area contributed by atoms with Crippen molar-refractivity contribution in [2.45, 2.75) is 6.04 Å². The van der Waals surface area contributed by atoms with Gasteiger partial charge in [-0.3, -0.25) is 0 Å². The van der Waals surface area contributed by atoms with Crippen molar-refractivity contribution in [3.05, 3.63) is 29.8 Å². The molecule has 0 unspecified atom stereocenters. The molecule has 3 heteroatoms. The van der Waals surface area contributed by atoms with Crippen LogP contribution in [-0.2, 0) is 4.74 Å². The Hall–Kier alpha value is -1.06. The van der Waals surface area contributed by atoms with Crippen molar-refractivity contribution < 1.29 is 4.74 Å². The Morgan fingerprint density at radius 2 is 2.14 bits per heavy atom. The SMILES string of the molecule is CNc1ccc([C@H]2COCCN2)cc1. The van der Waals surface area contributed by atoms with Crippen LogP contribution in [0.5, 0.6) is 0 Å². The maximum Gasteiger partial charge on any atom is 0.0662 e. The van der Waals surface area contributed by atoms with Gasteiger partial charge in [-0.1, -0.05) is 12.1 Å². The Morgan fingerprint density at radius 1 is 1.36 bits per heavy atom. The first-order valence-corrected chi connectivity index (χ1v) is 4.99. The summed E-state index contributed by atoms with van der Waals surface area (Å²) in [5.74, 6) is 0. The van der Waals surface area contributed by atoms with Crippen LogP contribution < -0.4 is 10.6 Å². The average Bonchev–Trinajstić information content (AvgIpc) is 2.30. The third-order valence-electron chi connectivity index (χ3n) is 2.52. The van der Waals surface area contributed by atoms with E-state index in [-0.39, 0.29) is 0 Å². The van der Waals surface area contributed by atoms with Crippen LogP contribution in [0.15, 0.2) is 24.3 Å². The Morgan fingerprint density at radius 3 is 2.71 bits per heavy atom. The van der Waals surface area contributed by atoms with Gasteiger partial charge in [-0.15, -0.1) is 0 Å². The standard InChI is InChI=1S/C11H16N2O/c1-12-10-4-2-9(3-5-10)11-8-14-7-6-13-11/h2-5,11-13H,6-8H2,1H3/t11-/m1/s1. The maximum absolute atomic E-state index is 5.41. The summed E-state index contributed by atoms with van der Waals surface area (Å²) in [6.45, 7) is 2.54. The van der Waals surface area contributed by atoms with E-state index >= 15 is 0 Å². The van der Waals surface area contributed by atoms with Crippen molar-refractivity contribution in [3.8, 4) is 0 Å². The van der Waals surface area contributed by atoms with Gasteiger partial charge in [-0.05, 0) is 17.7 Å². The summed E-state index contributed by atoms with van der Waals surface area (Å²) in [6.07, 6.45) is 0. The van der Waals surface area contributed by atoms with Crippen LogP contribution in [-0.4, -0.2) is 26.8 Å². The zero-order valence-electron chi connectivity index (χ0n) is 8.42. The summed E-state index contributed by atoms with van der Waals surface area (Å²) in [5, 5.41) is 6.53. The highest BCUT2D eigenvalue weighted by atomic mass is 16.5. The minimum Gasteiger partial charge on any atom is -0.388 e. The number of benzene rings is 1. The van der Waals surface area contributed by atoms with Crippen molar-refractivity contribution in [3.63, 3.8) is 0 Å². The van der Waals surface area contributed by atoms with Gasteiger partial charge in [0.25, 0.3) is 0 Å². The molecule has 1 aromatic carbocycles. The van der Waals surface area contributed by atoms with Crippen molar-refractivity contribution in [1.29, 1.82) is 0 Å². The Labute approximate surface area is 84.5 Å². The fraction of sp³-hybridized carbons (Fsp3) is 0.455. The quantitative estimate of drug-likeness (QED) is 0.743. The predicted octanol–water partition coefficient (Wildman–Crippen LogP) is 1.39. The third-order valence-corrected chi connectivity index (χ3v) is 2.52. The maximum atomic E-state index is 5.41. The number of morpholine rings is 1. The lowest BCUT2D eigenvalue weighted by Crippen LogP contribution is -2.34. The Balaban J connectivity index is 2.07. The smallest absolute Gasteiger partial charge is 0.0662 e. The second kappa shape index (κ2) is 4.44. The summed E-state index contributed by atoms with van der Waals surface area (Å²) < 4.78 is 5.41. The fourth-order valence-corrected chi connectivity index (χ4v) is 1.66. The molecule has 0 aromatic heterocycles. The molecule has 14 heavy (non-hydrogen) atoms. The molecule has 1 fully saturated rings. The molecule has 1 aliphatic heterocycles. The zero-order valence-corrected chi connectivity index (χ0v) is 8.42. The van der Waals surface area contributed by atoms with Crippen LogP contribution in [0.4, 0.5) is 5.69 Å². The van der Waals surface area contributed by atoms with E-state index in [4.69, 9.17) is 4.74 Å². The van der Waals surface area contributed by atoms with Crippen LogP contribution in [0, 0.1) is 0 Å². The number of anilines is 1. The van der Waals surface area contributed by atoms with Gasteiger partial charge in [0.2, 0.25) is 0 Å². The Bertz CT molecular complexity index is 278. The summed E-state index contributed by atoms with van der Waals surface area (Å²) in [6, 6.07) is 8.81. The highest BCUT2D eigenvalue weighted by molar-refractivity contribution is 5.44. The fourth-order valence-electron chi connectivity index (χ4n) is 1.66. The molecule has 0 aliphatic carbocycles. The van der Waals surface area contributed by atoms with E-state index in [0.29, 0.717) is 6.04 Å². The van der Waals surface area contributed by atoms with Gasteiger partial charge in [0.15, 0.2) is 0 Å². The third kappa shape index (κ3) is 2.05. The van der Waals surface area contributed by atoms with Crippen molar-refractivity contribution in [2.75, 3.05) is 32.1 Å². The van der Waals surface area contributed by atoms with Crippen LogP contribution >= 0.6 is 0 Å². The highest BCUT2D eigenvalue weighted by Gasteiger charge is 2.14. The summed E-state index contributed by atoms with van der Waals surface area (Å²) in [4.78, 5) is 0. The number of hydrogen-bond donors (Lipinski definition) is 2. The van der Waals surface area contributed by atoms with Crippen LogP contribution in [0.25, 0.3) is 0 Å². The second-order valence-electron chi connectivity index (χ2n) is 3.45. The number of rotatable bonds is 2. The van der Waals surface area contributed by atoms with Gasteiger partial charge < -0.3 is 15.4 Å². The second-order valence-corrected chi connectivity index (χ2v) is 3.45. The molecule has 3 nitrogen and oxygen atoms in total. The molecule has 0 spiro atoms. The molecule has 0 radical (unpaired) electrons. The molecular weight excluding hydrogens is 176 g/mol. The van der Waals surface area contributed by atoms with E-state index in [2.05, 4.69) is 34.9 Å². The van der Waals surface area contributed by atoms with E-state index in [0.717, 1.165) is 25.4 Å². The lowest BCUT2D eigenvalue weighted by molar-refractivity contribution is 0.0769. The molecule has 2 rings (SSSR count). The number of hydrogen-bond acceptors (Lipinski definition) is 3. The molecule has 1 atom stereocenters. The first kappa shape index (κ1) is 9.49. The topological polar surface area (TPSA) is 33.3 Å². The molecule has 76 valence electrons. The molecule has 2 N–H and O–H groups in total. The largest absolute Gasteiger partial charge is 0.388 e. The van der Waals surface area contributed by atoms with Crippen LogP contribution in [0.3, 0.4) is 0 Å². The van der Waals surface area contributed by atoms with Gasteiger partial charge in [-0.25, -0.2) is 0 Å². The first-order valence-electron chi connectivity index (χ1n) is 4.99. The molecular formula is C11H16N2O. The Kier molecular flexibility index (Phi) is 3.01. The van der Waals surface area contributed by atoms with Gasteiger partial charge in [0, 0.05) is 19.3 Å². The van der Waals surface area contributed by atoms with Crippen LogP contribution in [0.1, 0.15) is 11.6 Å². The van der Waals surface area contributed by atoms with Crippen molar-refractivity contribution in [1.82, 2.24) is 5.32 Å². The number of nitrogens with one attached hydrogen (secondary N) is 2. The van der Waals surface area contributed by atoms with E-state index in [1.54, 1.807) is 0 Å². The molecule has 0 amide bonds. The lowest BCUT2D eigenvalue weighted by Gasteiger charge is -2.24. The predicted molar refractivity (Wildman–Crippen MR) is 57.6 cm³/mol. The average molecular weight is 192 g/mol. The van der Waals surface area contributed by atoms with Gasteiger partial charge in [0.1, 0.15) is 0 Å². The van der Waals surface area contributed by atoms with Crippen molar-refractivity contribution >= 4 is 5.69 Å². The minimum atomic E-state index is 0.356. The van der Waals surface area contributed by atoms with E-state index in [1.807, 2.05) is 7.05 Å². The van der Waals surface area contributed by atoms with Gasteiger partial charge in [-0.2, -0.15) is 0 Å².